The number of fused-ring (bicyclic) bond motifs is 1. The van der Waals surface area contributed by atoms with Crippen LogP contribution in [-0.4, -0.2) is 5.91 Å². The Morgan fingerprint density at radius 1 is 1.29 bits per heavy atom. The number of amides is 1. The Morgan fingerprint density at radius 2 is 2.10 bits per heavy atom. The summed E-state index contributed by atoms with van der Waals surface area (Å²) < 4.78 is 0. The molecule has 5 nitrogen and oxygen atoms in total. The van der Waals surface area contributed by atoms with Crippen LogP contribution >= 0.6 is 11.6 Å². The first kappa shape index (κ1) is 13.3. The predicted octanol–water partition coefficient (Wildman–Crippen LogP) is 3.03. The van der Waals surface area contributed by atoms with Crippen molar-refractivity contribution >= 4 is 40.3 Å². The minimum Gasteiger partial charge on any atom is -0.397 e. The molecule has 0 atom stereocenters. The van der Waals surface area contributed by atoms with E-state index in [-0.39, 0.29) is 5.91 Å². The molecule has 104 valence electrons. The van der Waals surface area contributed by atoms with Crippen molar-refractivity contribution in [3.05, 3.63) is 46.5 Å². The number of nitrogens with one attached hydrogen (secondary N) is 2. The van der Waals surface area contributed by atoms with Gasteiger partial charge < -0.3 is 16.4 Å². The Bertz CT molecular complexity index is 795. The first-order chi connectivity index (χ1) is 10.1. The molecule has 21 heavy (non-hydrogen) atoms. The van der Waals surface area contributed by atoms with Crippen LogP contribution in [0.1, 0.15) is 11.1 Å². The summed E-state index contributed by atoms with van der Waals surface area (Å²) in [6.07, 6.45) is 0.334. The second kappa shape index (κ2) is 5.00. The lowest BCUT2D eigenvalue weighted by atomic mass is 10.1. The molecule has 2 aromatic carbocycles. The Hall–Kier alpha value is -2.71. The van der Waals surface area contributed by atoms with E-state index in [9.17, 15) is 4.79 Å². The highest BCUT2D eigenvalue weighted by Gasteiger charge is 2.19. The molecule has 1 aliphatic rings. The van der Waals surface area contributed by atoms with Crippen LogP contribution in [0.4, 0.5) is 22.7 Å². The van der Waals surface area contributed by atoms with Gasteiger partial charge in [-0.1, -0.05) is 11.6 Å². The van der Waals surface area contributed by atoms with E-state index < -0.39 is 0 Å². The average molecular weight is 299 g/mol. The Balaban J connectivity index is 2.00. The van der Waals surface area contributed by atoms with Crippen LogP contribution in [-0.2, 0) is 11.2 Å². The third-order valence-corrected chi connectivity index (χ3v) is 3.51. The van der Waals surface area contributed by atoms with E-state index >= 15 is 0 Å². The minimum absolute atomic E-state index is 0.0537. The van der Waals surface area contributed by atoms with Crippen molar-refractivity contribution in [2.75, 3.05) is 16.4 Å². The number of anilines is 4. The molecule has 0 aliphatic carbocycles. The second-order valence-electron chi connectivity index (χ2n) is 4.75. The van der Waals surface area contributed by atoms with E-state index in [0.717, 1.165) is 11.3 Å². The fourth-order valence-electron chi connectivity index (χ4n) is 2.26. The molecule has 0 unspecified atom stereocenters. The summed E-state index contributed by atoms with van der Waals surface area (Å²) in [6, 6.07) is 10.6. The highest BCUT2D eigenvalue weighted by atomic mass is 35.5. The van der Waals surface area contributed by atoms with Crippen LogP contribution in [0.5, 0.6) is 0 Å². The van der Waals surface area contributed by atoms with Crippen molar-refractivity contribution in [3.63, 3.8) is 0 Å². The lowest BCUT2D eigenvalue weighted by Crippen LogP contribution is -2.03. The largest absolute Gasteiger partial charge is 0.397 e. The maximum atomic E-state index is 11.4. The lowest BCUT2D eigenvalue weighted by molar-refractivity contribution is -0.115. The molecule has 1 amide bonds. The zero-order valence-corrected chi connectivity index (χ0v) is 11.7. The van der Waals surface area contributed by atoms with E-state index in [1.165, 1.54) is 0 Å². The van der Waals surface area contributed by atoms with Crippen molar-refractivity contribution in [3.8, 4) is 6.07 Å². The highest BCUT2D eigenvalue weighted by molar-refractivity contribution is 6.31. The maximum Gasteiger partial charge on any atom is 0.228 e. The second-order valence-corrected chi connectivity index (χ2v) is 5.18. The number of hydrogen-bond donors (Lipinski definition) is 3. The number of carbonyl (C=O) groups is 1. The van der Waals surface area contributed by atoms with Gasteiger partial charge in [0.15, 0.2) is 0 Å². The van der Waals surface area contributed by atoms with E-state index in [1.54, 1.807) is 30.3 Å². The average Bonchev–Trinajstić information content (AvgIpc) is 2.78. The van der Waals surface area contributed by atoms with Crippen LogP contribution in [0.15, 0.2) is 30.3 Å². The fourth-order valence-corrected chi connectivity index (χ4v) is 2.44. The third kappa shape index (κ3) is 2.49. The summed E-state index contributed by atoms with van der Waals surface area (Å²) in [4.78, 5) is 11.4. The van der Waals surface area contributed by atoms with Gasteiger partial charge in [0.1, 0.15) is 6.07 Å². The van der Waals surface area contributed by atoms with Crippen molar-refractivity contribution < 1.29 is 4.79 Å². The number of hydrogen-bond acceptors (Lipinski definition) is 4. The van der Waals surface area contributed by atoms with Crippen molar-refractivity contribution in [2.24, 2.45) is 0 Å². The molecule has 1 aliphatic heterocycles. The van der Waals surface area contributed by atoms with Crippen LogP contribution in [0.2, 0.25) is 5.02 Å². The standard InChI is InChI=1S/C15H11ClN4O/c16-10-2-1-8(7-17)12(5-10)19-14-6-13-9(3-11(14)18)4-15(21)20-13/h1-3,5-6,19H,4,18H2,(H,20,21). The van der Waals surface area contributed by atoms with E-state index in [1.807, 2.05) is 0 Å². The number of nitrogens with zero attached hydrogens (tertiary/aromatic N) is 1. The molecule has 6 heteroatoms. The summed E-state index contributed by atoms with van der Waals surface area (Å²) in [6.45, 7) is 0. The van der Waals surface area contributed by atoms with Crippen molar-refractivity contribution in [1.29, 1.82) is 5.26 Å². The molecule has 2 aromatic rings. The number of nitrogens with two attached hydrogens (primary N) is 1. The highest BCUT2D eigenvalue weighted by Crippen LogP contribution is 2.34. The van der Waals surface area contributed by atoms with Gasteiger partial charge in [-0.2, -0.15) is 5.26 Å². The zero-order chi connectivity index (χ0) is 15.0. The van der Waals surface area contributed by atoms with Gasteiger partial charge >= 0.3 is 0 Å². The molecule has 0 aromatic heterocycles. The van der Waals surface area contributed by atoms with Gasteiger partial charge in [-0.05, 0) is 35.9 Å². The van der Waals surface area contributed by atoms with Gasteiger partial charge in [-0.15, -0.1) is 0 Å². The molecule has 0 spiro atoms. The summed E-state index contributed by atoms with van der Waals surface area (Å²) in [5, 5.41) is 15.5. The number of rotatable bonds is 2. The quantitative estimate of drug-likeness (QED) is 0.743. The first-order valence-corrected chi connectivity index (χ1v) is 6.63. The van der Waals surface area contributed by atoms with E-state index in [4.69, 9.17) is 22.6 Å². The number of benzene rings is 2. The number of nitriles is 1. The van der Waals surface area contributed by atoms with Crippen LogP contribution in [0.25, 0.3) is 0 Å². The Kier molecular flexibility index (Phi) is 3.16. The molecule has 0 radical (unpaired) electrons. The normalized spacial score (nSPS) is 12.5. The van der Waals surface area contributed by atoms with E-state index in [0.29, 0.717) is 34.1 Å². The molecule has 0 saturated heterocycles. The molecule has 0 bridgehead atoms. The molecule has 0 saturated carbocycles. The monoisotopic (exact) mass is 298 g/mol. The topological polar surface area (TPSA) is 90.9 Å². The van der Waals surface area contributed by atoms with E-state index in [2.05, 4.69) is 16.7 Å². The van der Waals surface area contributed by atoms with Crippen molar-refractivity contribution in [1.82, 2.24) is 0 Å². The van der Waals surface area contributed by atoms with Gasteiger partial charge in [0.2, 0.25) is 5.91 Å². The smallest absolute Gasteiger partial charge is 0.228 e. The predicted molar refractivity (Wildman–Crippen MR) is 82.6 cm³/mol. The summed E-state index contributed by atoms with van der Waals surface area (Å²) in [5.74, 6) is -0.0537. The fraction of sp³-hybridized carbons (Fsp3) is 0.0667. The maximum absolute atomic E-state index is 11.4. The number of nitrogen functional groups attached to an aromatic ring is 1. The molecule has 1 heterocycles. The SMILES string of the molecule is N#Cc1ccc(Cl)cc1Nc1cc2c(cc1N)CC(=O)N2. The van der Waals surface area contributed by atoms with Crippen LogP contribution in [0, 0.1) is 11.3 Å². The minimum atomic E-state index is -0.0537. The van der Waals surface area contributed by atoms with Gasteiger partial charge in [-0.25, -0.2) is 0 Å². The molecule has 3 rings (SSSR count). The number of carbonyl (C=O) groups excluding carboxylic acids is 1. The van der Waals surface area contributed by atoms with Crippen LogP contribution < -0.4 is 16.4 Å². The lowest BCUT2D eigenvalue weighted by Gasteiger charge is -2.13. The van der Waals surface area contributed by atoms with Gasteiger partial charge in [0, 0.05) is 10.7 Å². The number of halogens is 1. The Morgan fingerprint density at radius 3 is 2.86 bits per heavy atom. The third-order valence-electron chi connectivity index (χ3n) is 3.27. The van der Waals surface area contributed by atoms with Crippen molar-refractivity contribution in [2.45, 2.75) is 6.42 Å². The molecular formula is C15H11ClN4O. The summed E-state index contributed by atoms with van der Waals surface area (Å²) >= 11 is 5.96. The summed E-state index contributed by atoms with van der Waals surface area (Å²) in [5.41, 5.74) is 9.76. The van der Waals surface area contributed by atoms with Crippen LogP contribution in [0.3, 0.4) is 0 Å². The van der Waals surface area contributed by atoms with Gasteiger partial charge in [0.25, 0.3) is 0 Å². The first-order valence-electron chi connectivity index (χ1n) is 6.26. The molecular weight excluding hydrogens is 288 g/mol. The van der Waals surface area contributed by atoms with Gasteiger partial charge in [-0.3, -0.25) is 4.79 Å². The molecule has 0 fully saturated rings. The zero-order valence-electron chi connectivity index (χ0n) is 10.9. The molecule has 4 N–H and O–H groups in total. The summed E-state index contributed by atoms with van der Waals surface area (Å²) in [7, 11) is 0. The van der Waals surface area contributed by atoms with Gasteiger partial charge in [0.05, 0.1) is 29.0 Å². The Labute approximate surface area is 126 Å².